The molecule has 0 radical (unpaired) electrons. The monoisotopic (exact) mass is 848 g/mol. The van der Waals surface area contributed by atoms with Gasteiger partial charge >= 0.3 is 23.9 Å². The molecule has 0 saturated heterocycles. The lowest BCUT2D eigenvalue weighted by molar-refractivity contribution is -0.138. The molecule has 0 heterocycles. The molecule has 0 aliphatic heterocycles. The fourth-order valence-corrected chi connectivity index (χ4v) is 6.78. The van der Waals surface area contributed by atoms with Gasteiger partial charge in [0.05, 0.1) is 37.6 Å². The van der Waals surface area contributed by atoms with Crippen molar-refractivity contribution in [3.05, 3.63) is 157 Å². The van der Waals surface area contributed by atoms with E-state index in [1.807, 2.05) is 79.7 Å². The number of hydrogen-bond donors (Lipinski definition) is 0. The van der Waals surface area contributed by atoms with Gasteiger partial charge in [-0.3, -0.25) is 0 Å². The molecule has 6 aromatic carbocycles. The van der Waals surface area contributed by atoms with Crippen LogP contribution in [0.5, 0.6) is 23.0 Å². The summed E-state index contributed by atoms with van der Waals surface area (Å²) in [7, 11) is 0. The highest BCUT2D eigenvalue weighted by Crippen LogP contribution is 2.35. The van der Waals surface area contributed by atoms with Crippen LogP contribution in [0.15, 0.2) is 141 Å². The summed E-state index contributed by atoms with van der Waals surface area (Å²) in [6.07, 6.45) is 9.46. The first-order valence-corrected chi connectivity index (χ1v) is 21.3. The predicted molar refractivity (Wildman–Crippen MR) is 245 cm³/mol. The highest BCUT2D eigenvalue weighted by molar-refractivity contribution is 5.98. The van der Waals surface area contributed by atoms with Crippen LogP contribution in [0, 0.1) is 6.92 Å². The molecule has 10 heteroatoms. The summed E-state index contributed by atoms with van der Waals surface area (Å²) >= 11 is 0. The number of rotatable bonds is 23. The standard InChI is InChI=1S/C53H52O10/c1-4-50(54)60-30-12-8-6-10-28-58-45-24-22-39-32-43(20-18-41(39)34-45)52(56)62-47-26-27-49(48(36-47)38-16-14-37(3)15-17-38)63-53(57)44-21-19-42-35-46(25-23-40(42)33-44)59-29-11-7-9-13-31-61-51(55)5-2/h4-5,14-27,32-36H,1-2,6-13,28-31H2,3H3. The summed E-state index contributed by atoms with van der Waals surface area (Å²) in [4.78, 5) is 49.3. The fourth-order valence-electron chi connectivity index (χ4n) is 6.78. The first-order chi connectivity index (χ1) is 30.7. The molecule has 0 fully saturated rings. The molecule has 0 unspecified atom stereocenters. The van der Waals surface area contributed by atoms with Crippen LogP contribution in [0.1, 0.15) is 77.6 Å². The Bertz CT molecular complexity index is 2560. The molecule has 0 spiro atoms. The van der Waals surface area contributed by atoms with Crippen LogP contribution in [-0.2, 0) is 19.1 Å². The summed E-state index contributed by atoms with van der Waals surface area (Å²) < 4.78 is 33.8. The van der Waals surface area contributed by atoms with Crippen molar-refractivity contribution < 1.29 is 47.6 Å². The maximum Gasteiger partial charge on any atom is 0.343 e. The van der Waals surface area contributed by atoms with Crippen molar-refractivity contribution in [3.63, 3.8) is 0 Å². The van der Waals surface area contributed by atoms with E-state index < -0.39 is 23.9 Å². The normalized spacial score (nSPS) is 10.8. The third-order valence-electron chi connectivity index (χ3n) is 10.3. The van der Waals surface area contributed by atoms with E-state index in [-0.39, 0.29) is 0 Å². The quantitative estimate of drug-likeness (QED) is 0.0266. The smallest absolute Gasteiger partial charge is 0.343 e. The predicted octanol–water partition coefficient (Wildman–Crippen LogP) is 11.7. The molecule has 10 nitrogen and oxygen atoms in total. The minimum absolute atomic E-state index is 0.298. The lowest BCUT2D eigenvalue weighted by atomic mass is 10.0. The van der Waals surface area contributed by atoms with Gasteiger partial charge in [-0.15, -0.1) is 0 Å². The van der Waals surface area contributed by atoms with Crippen LogP contribution >= 0.6 is 0 Å². The summed E-state index contributed by atoms with van der Waals surface area (Å²) in [5.41, 5.74) is 3.21. The van der Waals surface area contributed by atoms with Crippen LogP contribution in [-0.4, -0.2) is 50.3 Å². The molecule has 0 bridgehead atoms. The molecule has 6 rings (SSSR count). The number of carbonyl (C=O) groups is 4. The van der Waals surface area contributed by atoms with Gasteiger partial charge in [-0.1, -0.05) is 67.3 Å². The first-order valence-electron chi connectivity index (χ1n) is 21.3. The molecular weight excluding hydrogens is 797 g/mol. The maximum absolute atomic E-state index is 13.6. The Balaban J connectivity index is 1.05. The van der Waals surface area contributed by atoms with Crippen molar-refractivity contribution in [1.29, 1.82) is 0 Å². The van der Waals surface area contributed by atoms with Gasteiger partial charge < -0.3 is 28.4 Å². The van der Waals surface area contributed by atoms with Gasteiger partial charge in [0.15, 0.2) is 0 Å². The number of unbranched alkanes of at least 4 members (excludes halogenated alkanes) is 6. The highest BCUT2D eigenvalue weighted by Gasteiger charge is 2.17. The van der Waals surface area contributed by atoms with E-state index in [0.717, 1.165) is 95.5 Å². The van der Waals surface area contributed by atoms with E-state index in [1.165, 1.54) is 12.2 Å². The minimum Gasteiger partial charge on any atom is -0.494 e. The van der Waals surface area contributed by atoms with E-state index in [9.17, 15) is 19.2 Å². The van der Waals surface area contributed by atoms with Crippen LogP contribution < -0.4 is 18.9 Å². The van der Waals surface area contributed by atoms with E-state index in [4.69, 9.17) is 28.4 Å². The second-order valence-corrected chi connectivity index (χ2v) is 15.0. The number of fused-ring (bicyclic) bond motifs is 2. The van der Waals surface area contributed by atoms with Crippen molar-refractivity contribution >= 4 is 45.4 Å². The lowest BCUT2D eigenvalue weighted by Crippen LogP contribution is -2.10. The van der Waals surface area contributed by atoms with Crippen molar-refractivity contribution in [1.82, 2.24) is 0 Å². The molecule has 6 aromatic rings. The summed E-state index contributed by atoms with van der Waals surface area (Å²) in [5.74, 6) is 0.246. The molecule has 324 valence electrons. The van der Waals surface area contributed by atoms with Gasteiger partial charge in [-0.05, 0) is 152 Å². The van der Waals surface area contributed by atoms with Gasteiger partial charge in [-0.2, -0.15) is 0 Å². The Labute approximate surface area is 368 Å². The van der Waals surface area contributed by atoms with Crippen molar-refractivity contribution in [2.45, 2.75) is 58.3 Å². The second kappa shape index (κ2) is 23.1. The largest absolute Gasteiger partial charge is 0.494 e. The number of aryl methyl sites for hydroxylation is 1. The molecule has 63 heavy (non-hydrogen) atoms. The SMILES string of the molecule is C=CC(=O)OCCCCCCOc1ccc2cc(C(=O)Oc3ccc(OC(=O)c4ccc5cc(OCCCCCCOC(=O)C=C)ccc5c4)c(-c4ccc(C)cc4)c3)ccc2c1. The lowest BCUT2D eigenvalue weighted by Gasteiger charge is -2.14. The Hall–Kier alpha value is -7.20. The van der Waals surface area contributed by atoms with E-state index in [1.54, 1.807) is 42.5 Å². The third-order valence-corrected chi connectivity index (χ3v) is 10.3. The summed E-state index contributed by atoms with van der Waals surface area (Å²) in [6, 6.07) is 35.0. The number of ether oxygens (including phenoxy) is 6. The van der Waals surface area contributed by atoms with Gasteiger partial charge in [0.2, 0.25) is 0 Å². The van der Waals surface area contributed by atoms with E-state index in [2.05, 4.69) is 13.2 Å². The number of benzene rings is 6. The molecular formula is C53H52O10. The van der Waals surface area contributed by atoms with Crippen LogP contribution in [0.3, 0.4) is 0 Å². The Morgan fingerprint density at radius 3 is 1.41 bits per heavy atom. The molecule has 0 N–H and O–H groups in total. The van der Waals surface area contributed by atoms with Crippen LogP contribution in [0.2, 0.25) is 0 Å². The molecule has 0 aliphatic rings. The Kier molecular flexibility index (Phi) is 16.6. The van der Waals surface area contributed by atoms with Crippen LogP contribution in [0.25, 0.3) is 32.7 Å². The molecule has 0 aromatic heterocycles. The van der Waals surface area contributed by atoms with E-state index in [0.29, 0.717) is 54.6 Å². The number of carbonyl (C=O) groups excluding carboxylic acids is 4. The van der Waals surface area contributed by atoms with Crippen molar-refractivity contribution in [2.24, 2.45) is 0 Å². The molecule has 0 atom stereocenters. The zero-order chi connectivity index (χ0) is 44.4. The van der Waals surface area contributed by atoms with E-state index >= 15 is 0 Å². The Morgan fingerprint density at radius 2 is 0.905 bits per heavy atom. The minimum atomic E-state index is -0.528. The van der Waals surface area contributed by atoms with Gasteiger partial charge in [0.1, 0.15) is 23.0 Å². The van der Waals surface area contributed by atoms with Crippen molar-refractivity contribution in [2.75, 3.05) is 26.4 Å². The van der Waals surface area contributed by atoms with Gasteiger partial charge in [0.25, 0.3) is 0 Å². The fraction of sp³-hybridized carbons (Fsp3) is 0.245. The first kappa shape index (κ1) is 45.3. The number of hydrogen-bond acceptors (Lipinski definition) is 10. The maximum atomic E-state index is 13.6. The molecule has 0 saturated carbocycles. The summed E-state index contributed by atoms with van der Waals surface area (Å²) in [5, 5.41) is 3.57. The number of esters is 4. The van der Waals surface area contributed by atoms with Gasteiger partial charge in [0, 0.05) is 17.7 Å². The zero-order valence-corrected chi connectivity index (χ0v) is 35.6. The van der Waals surface area contributed by atoms with Crippen LogP contribution in [0.4, 0.5) is 0 Å². The van der Waals surface area contributed by atoms with Gasteiger partial charge in [-0.25, -0.2) is 19.2 Å². The topological polar surface area (TPSA) is 124 Å². The zero-order valence-electron chi connectivity index (χ0n) is 35.6. The average molecular weight is 849 g/mol. The molecule has 0 amide bonds. The summed E-state index contributed by atoms with van der Waals surface area (Å²) in [6.45, 7) is 10.7. The highest BCUT2D eigenvalue weighted by atomic mass is 16.5. The second-order valence-electron chi connectivity index (χ2n) is 15.0. The van der Waals surface area contributed by atoms with Crippen molar-refractivity contribution in [3.8, 4) is 34.1 Å². The third kappa shape index (κ3) is 13.6. The Morgan fingerprint density at radius 1 is 0.460 bits per heavy atom. The average Bonchev–Trinajstić information content (AvgIpc) is 3.30. The molecule has 0 aliphatic carbocycles.